The van der Waals surface area contributed by atoms with Gasteiger partial charge in [0.15, 0.2) is 5.72 Å². The van der Waals surface area contributed by atoms with Crippen molar-refractivity contribution in [1.82, 2.24) is 14.8 Å². The van der Waals surface area contributed by atoms with Gasteiger partial charge in [0.2, 0.25) is 0 Å². The first-order valence-corrected chi connectivity index (χ1v) is 7.51. The van der Waals surface area contributed by atoms with Crippen LogP contribution in [0.1, 0.15) is 45.6 Å². The molecule has 0 spiro atoms. The van der Waals surface area contributed by atoms with Crippen LogP contribution in [-0.2, 0) is 5.72 Å². The van der Waals surface area contributed by atoms with Crippen LogP contribution in [0.5, 0.6) is 0 Å². The van der Waals surface area contributed by atoms with Gasteiger partial charge in [-0.3, -0.25) is 0 Å². The minimum absolute atomic E-state index is 0.114. The summed E-state index contributed by atoms with van der Waals surface area (Å²) in [6, 6.07) is 7.63. The van der Waals surface area contributed by atoms with E-state index in [1.807, 2.05) is 45.0 Å². The van der Waals surface area contributed by atoms with E-state index < -0.39 is 11.1 Å². The highest BCUT2D eigenvalue weighted by molar-refractivity contribution is 6.30. The minimum Gasteiger partial charge on any atom is -0.368 e. The topological polar surface area (TPSA) is 50.9 Å². The van der Waals surface area contributed by atoms with Gasteiger partial charge in [0.1, 0.15) is 12.7 Å². The number of halogens is 1. The van der Waals surface area contributed by atoms with Crippen molar-refractivity contribution >= 4 is 11.6 Å². The van der Waals surface area contributed by atoms with Crippen LogP contribution >= 0.6 is 11.6 Å². The number of aromatic nitrogens is 3. The van der Waals surface area contributed by atoms with Gasteiger partial charge in [0, 0.05) is 16.4 Å². The molecule has 2 aromatic rings. The molecular weight excluding hydrogens is 286 g/mol. The summed E-state index contributed by atoms with van der Waals surface area (Å²) in [5.74, 6) is -0.114. The molecule has 0 aliphatic heterocycles. The monoisotopic (exact) mass is 307 g/mol. The molecule has 0 amide bonds. The Kier molecular flexibility index (Phi) is 4.40. The van der Waals surface area contributed by atoms with E-state index in [4.69, 9.17) is 11.6 Å². The van der Waals surface area contributed by atoms with E-state index in [-0.39, 0.29) is 5.92 Å². The van der Waals surface area contributed by atoms with E-state index in [1.54, 1.807) is 11.0 Å². The van der Waals surface area contributed by atoms with E-state index in [0.29, 0.717) is 5.02 Å². The molecule has 2 atom stereocenters. The molecule has 1 aromatic heterocycles. The van der Waals surface area contributed by atoms with Crippen molar-refractivity contribution in [3.05, 3.63) is 47.5 Å². The van der Waals surface area contributed by atoms with Crippen LogP contribution in [0.15, 0.2) is 36.9 Å². The van der Waals surface area contributed by atoms with Crippen LogP contribution in [0, 0.1) is 5.41 Å². The number of hydrogen-bond donors (Lipinski definition) is 1. The van der Waals surface area contributed by atoms with Gasteiger partial charge in [-0.2, -0.15) is 5.10 Å². The van der Waals surface area contributed by atoms with Crippen LogP contribution in [0.25, 0.3) is 0 Å². The molecule has 5 heteroatoms. The van der Waals surface area contributed by atoms with Crippen molar-refractivity contribution in [2.24, 2.45) is 5.41 Å². The molecular formula is C16H22ClN3O. The van der Waals surface area contributed by atoms with E-state index in [1.165, 1.54) is 6.33 Å². The van der Waals surface area contributed by atoms with Gasteiger partial charge in [-0.15, -0.1) is 0 Å². The Morgan fingerprint density at radius 2 is 1.86 bits per heavy atom. The predicted octanol–water partition coefficient (Wildman–Crippen LogP) is 3.82. The number of hydrogen-bond acceptors (Lipinski definition) is 3. The van der Waals surface area contributed by atoms with Gasteiger partial charge < -0.3 is 5.11 Å². The normalized spacial score (nSPS) is 16.5. The second kappa shape index (κ2) is 5.78. The first-order valence-electron chi connectivity index (χ1n) is 7.13. The first-order chi connectivity index (χ1) is 9.80. The number of benzene rings is 1. The Morgan fingerprint density at radius 1 is 1.24 bits per heavy atom. The highest BCUT2D eigenvalue weighted by Gasteiger charge is 2.49. The fourth-order valence-corrected chi connectivity index (χ4v) is 2.98. The smallest absolute Gasteiger partial charge is 0.171 e. The average molecular weight is 308 g/mol. The standard InChI is InChI=1S/C16H22ClN3O/c1-5-14(12-6-8-13(17)9-7-12)16(21,15(2,3)4)20-11-18-10-19-20/h6-11,14,21H,5H2,1-4H3. The van der Waals surface area contributed by atoms with Crippen molar-refractivity contribution in [3.63, 3.8) is 0 Å². The van der Waals surface area contributed by atoms with Crippen molar-refractivity contribution in [2.45, 2.75) is 45.8 Å². The van der Waals surface area contributed by atoms with Crippen LogP contribution in [0.3, 0.4) is 0 Å². The summed E-state index contributed by atoms with van der Waals surface area (Å²) in [4.78, 5) is 4.00. The second-order valence-corrected chi connectivity index (χ2v) is 6.77. The molecule has 0 saturated heterocycles. The Hall–Kier alpha value is -1.39. The third-order valence-corrected chi connectivity index (χ3v) is 4.29. The molecule has 1 heterocycles. The lowest BCUT2D eigenvalue weighted by molar-refractivity contribution is -0.159. The van der Waals surface area contributed by atoms with Crippen LogP contribution in [-0.4, -0.2) is 19.9 Å². The molecule has 0 saturated carbocycles. The van der Waals surface area contributed by atoms with Crippen LogP contribution in [0.4, 0.5) is 0 Å². The molecule has 0 fully saturated rings. The van der Waals surface area contributed by atoms with Crippen LogP contribution in [0.2, 0.25) is 5.02 Å². The Morgan fingerprint density at radius 3 is 2.29 bits per heavy atom. The third-order valence-electron chi connectivity index (χ3n) is 4.04. The summed E-state index contributed by atoms with van der Waals surface area (Å²) in [7, 11) is 0. The molecule has 0 aliphatic carbocycles. The Bertz CT molecular complexity index is 575. The number of rotatable bonds is 4. The maximum atomic E-state index is 11.5. The Balaban J connectivity index is 2.56. The van der Waals surface area contributed by atoms with Crippen molar-refractivity contribution in [1.29, 1.82) is 0 Å². The van der Waals surface area contributed by atoms with E-state index in [0.717, 1.165) is 12.0 Å². The summed E-state index contributed by atoms with van der Waals surface area (Å²) in [5.41, 5.74) is -0.553. The highest BCUT2D eigenvalue weighted by Crippen LogP contribution is 2.46. The molecule has 1 aromatic carbocycles. The van der Waals surface area contributed by atoms with E-state index in [2.05, 4.69) is 17.0 Å². The quantitative estimate of drug-likeness (QED) is 0.934. The van der Waals surface area contributed by atoms with Gasteiger partial charge in [-0.1, -0.05) is 51.4 Å². The van der Waals surface area contributed by atoms with Crippen LogP contribution < -0.4 is 0 Å². The zero-order chi connectivity index (χ0) is 15.7. The lowest BCUT2D eigenvalue weighted by Crippen LogP contribution is -2.50. The summed E-state index contributed by atoms with van der Waals surface area (Å²) >= 11 is 5.97. The maximum Gasteiger partial charge on any atom is 0.171 e. The summed E-state index contributed by atoms with van der Waals surface area (Å²) in [5, 5.41) is 16.4. The third kappa shape index (κ3) is 2.83. The van der Waals surface area contributed by atoms with E-state index >= 15 is 0 Å². The predicted molar refractivity (Wildman–Crippen MR) is 84.2 cm³/mol. The molecule has 0 bridgehead atoms. The summed E-state index contributed by atoms with van der Waals surface area (Å²) in [6.45, 7) is 8.08. The van der Waals surface area contributed by atoms with Gasteiger partial charge >= 0.3 is 0 Å². The Labute approximate surface area is 130 Å². The molecule has 2 rings (SSSR count). The second-order valence-electron chi connectivity index (χ2n) is 6.33. The molecule has 1 N–H and O–H groups in total. The number of nitrogens with zero attached hydrogens (tertiary/aromatic N) is 3. The maximum absolute atomic E-state index is 11.5. The average Bonchev–Trinajstić information content (AvgIpc) is 2.94. The van der Waals surface area contributed by atoms with Gasteiger partial charge in [0.05, 0.1) is 0 Å². The SMILES string of the molecule is CCC(c1ccc(Cl)cc1)C(O)(n1cncn1)C(C)(C)C. The van der Waals surface area contributed by atoms with E-state index in [9.17, 15) is 5.11 Å². The van der Waals surface area contributed by atoms with Crippen molar-refractivity contribution < 1.29 is 5.11 Å². The molecule has 0 radical (unpaired) electrons. The van der Waals surface area contributed by atoms with Crippen molar-refractivity contribution in [3.8, 4) is 0 Å². The number of aliphatic hydroxyl groups is 1. The molecule has 0 aliphatic rings. The minimum atomic E-state index is -1.17. The molecule has 2 unspecified atom stereocenters. The lowest BCUT2D eigenvalue weighted by atomic mass is 9.71. The zero-order valence-electron chi connectivity index (χ0n) is 12.9. The fraction of sp³-hybridized carbons (Fsp3) is 0.500. The zero-order valence-corrected chi connectivity index (χ0v) is 13.7. The molecule has 114 valence electrons. The van der Waals surface area contributed by atoms with Gasteiger partial charge in [-0.05, 0) is 24.1 Å². The molecule has 21 heavy (non-hydrogen) atoms. The summed E-state index contributed by atoms with van der Waals surface area (Å²) in [6.07, 6.45) is 3.80. The fourth-order valence-electron chi connectivity index (χ4n) is 2.86. The summed E-state index contributed by atoms with van der Waals surface area (Å²) < 4.78 is 1.57. The lowest BCUT2D eigenvalue weighted by Gasteiger charge is -2.45. The van der Waals surface area contributed by atoms with Gasteiger partial charge in [-0.25, -0.2) is 9.67 Å². The van der Waals surface area contributed by atoms with Crippen molar-refractivity contribution in [2.75, 3.05) is 0 Å². The highest BCUT2D eigenvalue weighted by atomic mass is 35.5. The van der Waals surface area contributed by atoms with Gasteiger partial charge in [0.25, 0.3) is 0 Å². The largest absolute Gasteiger partial charge is 0.368 e. The molecule has 4 nitrogen and oxygen atoms in total. The first kappa shape index (κ1) is 16.0.